The van der Waals surface area contributed by atoms with Gasteiger partial charge in [-0.25, -0.2) is 9.59 Å². The summed E-state index contributed by atoms with van der Waals surface area (Å²) in [6.45, 7) is 13.0. The number of esters is 2. The minimum atomic E-state index is -4.31. The normalized spacial score (nSPS) is 21.0. The average molecular weight is 691 g/mol. The zero-order valence-electron chi connectivity index (χ0n) is 29.1. The summed E-state index contributed by atoms with van der Waals surface area (Å²) in [5.41, 5.74) is 2.93. The third-order valence-electron chi connectivity index (χ3n) is 8.56. The summed E-state index contributed by atoms with van der Waals surface area (Å²) in [4.78, 5) is 26.8. The van der Waals surface area contributed by atoms with Crippen LogP contribution >= 0.6 is 0 Å². The first-order chi connectivity index (χ1) is 23.2. The molecule has 0 N–H and O–H groups in total. The van der Waals surface area contributed by atoms with E-state index < -0.39 is 59.2 Å². The minimum absolute atomic E-state index is 0.0992. The Labute approximate surface area is 290 Å². The van der Waals surface area contributed by atoms with Crippen LogP contribution in [0.1, 0.15) is 104 Å². The Morgan fingerprint density at radius 3 is 1.73 bits per heavy atom. The predicted molar refractivity (Wildman–Crippen MR) is 186 cm³/mol. The second-order valence-electron chi connectivity index (χ2n) is 13.1. The minimum Gasteiger partial charge on any atom is -0.454 e. The van der Waals surface area contributed by atoms with Crippen LogP contribution in [0.3, 0.4) is 0 Å². The van der Waals surface area contributed by atoms with Crippen molar-refractivity contribution >= 4 is 22.1 Å². The Balaban J connectivity index is 1.70. The van der Waals surface area contributed by atoms with Crippen molar-refractivity contribution in [1.82, 2.24) is 0 Å². The predicted octanol–water partition coefficient (Wildman–Crippen LogP) is 7.22. The van der Waals surface area contributed by atoms with Crippen molar-refractivity contribution in [3.8, 4) is 12.3 Å². The topological polar surface area (TPSA) is 114 Å². The van der Waals surface area contributed by atoms with Crippen LogP contribution < -0.4 is 0 Å². The van der Waals surface area contributed by atoms with Crippen molar-refractivity contribution in [3.05, 3.63) is 101 Å². The molecular weight excluding hydrogens is 644 g/mol. The van der Waals surface area contributed by atoms with E-state index in [0.717, 1.165) is 5.56 Å². The number of rotatable bonds is 13. The van der Waals surface area contributed by atoms with Gasteiger partial charge in [0.2, 0.25) is 0 Å². The molecule has 0 unspecified atom stereocenters. The molecule has 0 spiro atoms. The van der Waals surface area contributed by atoms with Crippen molar-refractivity contribution in [2.45, 2.75) is 95.7 Å². The summed E-state index contributed by atoms with van der Waals surface area (Å²) in [5.74, 6) is 0.287. The number of carbonyl (C=O) groups is 2. The largest absolute Gasteiger partial charge is 0.454 e. The Bertz CT molecular complexity index is 1700. The molecule has 3 aromatic carbocycles. The Morgan fingerprint density at radius 2 is 1.29 bits per heavy atom. The zero-order valence-corrected chi connectivity index (χ0v) is 29.9. The van der Waals surface area contributed by atoms with Crippen molar-refractivity contribution in [2.24, 2.45) is 5.92 Å². The molecule has 262 valence electrons. The number of hydrogen-bond acceptors (Lipinski definition) is 9. The fourth-order valence-electron chi connectivity index (χ4n) is 5.72. The standard InChI is InChI=1S/C39H46O9S/c1-9-20-44-39-35(48-38(41)29-18-14-11-15-19-29)34(47-37(40)28-16-12-10-13-17-28)27(8)33(46-39)23-45-49(42,43)36-31(25(4)5)21-30(24(2)3)22-32(36)26(6)7/h1,10-19,21-22,24-27,33-35,39H,20,23H2,2-8H3/t27-,33-,34+,35+,39-/m1/s1. The molecule has 1 fully saturated rings. The molecule has 3 aromatic rings. The molecule has 1 saturated heterocycles. The van der Waals surface area contributed by atoms with E-state index in [4.69, 9.17) is 29.6 Å². The molecule has 0 bridgehead atoms. The fraction of sp³-hybridized carbons (Fsp3) is 0.436. The molecule has 1 aliphatic rings. The van der Waals surface area contributed by atoms with E-state index in [-0.39, 0.29) is 40.4 Å². The van der Waals surface area contributed by atoms with Gasteiger partial charge in [0.15, 0.2) is 12.4 Å². The van der Waals surface area contributed by atoms with Crippen LogP contribution in [-0.4, -0.2) is 58.2 Å². The van der Waals surface area contributed by atoms with Crippen LogP contribution in [-0.2, 0) is 33.2 Å². The molecule has 0 amide bonds. The van der Waals surface area contributed by atoms with Gasteiger partial charge in [0.05, 0.1) is 23.8 Å². The van der Waals surface area contributed by atoms with Crippen LogP contribution in [0, 0.1) is 18.3 Å². The first-order valence-electron chi connectivity index (χ1n) is 16.5. The summed E-state index contributed by atoms with van der Waals surface area (Å²) in [5, 5.41) is 0. The van der Waals surface area contributed by atoms with Crippen molar-refractivity contribution in [3.63, 3.8) is 0 Å². The van der Waals surface area contributed by atoms with Gasteiger partial charge in [-0.2, -0.15) is 8.42 Å². The highest BCUT2D eigenvalue weighted by Gasteiger charge is 2.50. The monoisotopic (exact) mass is 690 g/mol. The van der Waals surface area contributed by atoms with Gasteiger partial charge >= 0.3 is 11.9 Å². The quantitative estimate of drug-likeness (QED) is 0.104. The summed E-state index contributed by atoms with van der Waals surface area (Å²) in [6.07, 6.45) is 0.830. The number of ether oxygens (including phenoxy) is 4. The Kier molecular flexibility index (Phi) is 12.8. The van der Waals surface area contributed by atoms with E-state index in [2.05, 4.69) is 19.8 Å². The van der Waals surface area contributed by atoms with Crippen LogP contribution in [0.2, 0.25) is 0 Å². The van der Waals surface area contributed by atoms with E-state index >= 15 is 0 Å². The van der Waals surface area contributed by atoms with Crippen LogP contribution in [0.25, 0.3) is 0 Å². The lowest BCUT2D eigenvalue weighted by molar-refractivity contribution is -0.281. The van der Waals surface area contributed by atoms with Crippen LogP contribution in [0.4, 0.5) is 0 Å². The first kappa shape index (κ1) is 37.8. The molecule has 0 saturated carbocycles. The van der Waals surface area contributed by atoms with Gasteiger partial charge in [-0.3, -0.25) is 4.18 Å². The van der Waals surface area contributed by atoms with Gasteiger partial charge < -0.3 is 18.9 Å². The third kappa shape index (κ3) is 9.17. The van der Waals surface area contributed by atoms with Crippen molar-refractivity contribution < 1.29 is 41.1 Å². The maximum atomic E-state index is 14.1. The Hall–Kier alpha value is -4.01. The summed E-state index contributed by atoms with van der Waals surface area (Å²) in [7, 11) is -4.31. The van der Waals surface area contributed by atoms with Gasteiger partial charge in [-0.05, 0) is 58.7 Å². The zero-order chi connectivity index (χ0) is 35.9. The number of terminal acetylenes is 1. The molecule has 0 radical (unpaired) electrons. The number of hydrogen-bond donors (Lipinski definition) is 0. The molecular formula is C39H46O9S. The fourth-order valence-corrected chi connectivity index (χ4v) is 7.32. The highest BCUT2D eigenvalue weighted by atomic mass is 32.2. The van der Waals surface area contributed by atoms with E-state index in [0.29, 0.717) is 11.1 Å². The average Bonchev–Trinajstić information content (AvgIpc) is 3.08. The summed E-state index contributed by atoms with van der Waals surface area (Å²) < 4.78 is 57.9. The van der Waals surface area contributed by atoms with E-state index in [1.807, 2.05) is 39.8 Å². The molecule has 1 heterocycles. The van der Waals surface area contributed by atoms with Gasteiger partial charge in [0.1, 0.15) is 17.6 Å². The van der Waals surface area contributed by atoms with Crippen LogP contribution in [0.5, 0.6) is 0 Å². The molecule has 1 aliphatic heterocycles. The van der Waals surface area contributed by atoms with Crippen LogP contribution in [0.15, 0.2) is 77.7 Å². The summed E-state index contributed by atoms with van der Waals surface area (Å²) in [6, 6.07) is 20.5. The van der Waals surface area contributed by atoms with E-state index in [1.54, 1.807) is 67.6 Å². The highest BCUT2D eigenvalue weighted by Crippen LogP contribution is 2.37. The van der Waals surface area contributed by atoms with Gasteiger partial charge in [-0.15, -0.1) is 6.42 Å². The van der Waals surface area contributed by atoms with E-state index in [9.17, 15) is 18.0 Å². The van der Waals surface area contributed by atoms with Crippen molar-refractivity contribution in [1.29, 1.82) is 0 Å². The highest BCUT2D eigenvalue weighted by molar-refractivity contribution is 7.86. The maximum absolute atomic E-state index is 14.1. The smallest absolute Gasteiger partial charge is 0.338 e. The first-order valence-corrected chi connectivity index (χ1v) is 18.0. The van der Waals surface area contributed by atoms with Gasteiger partial charge in [0, 0.05) is 5.92 Å². The lowest BCUT2D eigenvalue weighted by Gasteiger charge is -2.43. The maximum Gasteiger partial charge on any atom is 0.338 e. The lowest BCUT2D eigenvalue weighted by atomic mass is 9.89. The molecule has 49 heavy (non-hydrogen) atoms. The molecule has 0 aromatic heterocycles. The summed E-state index contributed by atoms with van der Waals surface area (Å²) >= 11 is 0. The second-order valence-corrected chi connectivity index (χ2v) is 14.7. The second kappa shape index (κ2) is 16.6. The molecule has 0 aliphatic carbocycles. The molecule has 9 nitrogen and oxygen atoms in total. The molecule has 10 heteroatoms. The number of benzene rings is 3. The van der Waals surface area contributed by atoms with E-state index in [1.165, 1.54) is 0 Å². The SMILES string of the molecule is C#CCO[C@@H]1O[C@H](COS(=O)(=O)c2c(C(C)C)cc(C(C)C)cc2C(C)C)[C@@H](C)[C@H](OC(=O)c2ccccc2)[C@@H]1OC(=O)c1ccccc1. The Morgan fingerprint density at radius 1 is 0.796 bits per heavy atom. The third-order valence-corrected chi connectivity index (χ3v) is 9.98. The molecule has 4 rings (SSSR count). The van der Waals surface area contributed by atoms with Crippen molar-refractivity contribution in [2.75, 3.05) is 13.2 Å². The number of carbonyl (C=O) groups excluding carboxylic acids is 2. The van der Waals surface area contributed by atoms with Gasteiger partial charge in [0.25, 0.3) is 10.1 Å². The lowest BCUT2D eigenvalue weighted by Crippen LogP contribution is -2.58. The molecule has 5 atom stereocenters. The van der Waals surface area contributed by atoms with Gasteiger partial charge in [-0.1, -0.05) is 103 Å².